The lowest BCUT2D eigenvalue weighted by atomic mass is 9.73. The molecule has 1 aliphatic carbocycles. The number of nitrogens with one attached hydrogen (secondary N) is 2. The Labute approximate surface area is 170 Å². The second-order valence-electron chi connectivity index (χ2n) is 7.88. The number of hydrogen-bond acceptors (Lipinski definition) is 7. The van der Waals surface area contributed by atoms with Gasteiger partial charge in [-0.15, -0.1) is 0 Å². The maximum absolute atomic E-state index is 10.1. The van der Waals surface area contributed by atoms with Crippen molar-refractivity contribution in [2.75, 3.05) is 17.2 Å². The number of anilines is 2. The van der Waals surface area contributed by atoms with Crippen LogP contribution in [0.15, 0.2) is 24.7 Å². The van der Waals surface area contributed by atoms with Crippen LogP contribution in [0.3, 0.4) is 0 Å². The van der Waals surface area contributed by atoms with Crippen molar-refractivity contribution in [3.8, 4) is 6.07 Å². The van der Waals surface area contributed by atoms with Crippen molar-refractivity contribution in [3.63, 3.8) is 0 Å². The smallest absolute Gasteiger partial charge is 0.224 e. The van der Waals surface area contributed by atoms with E-state index in [4.69, 9.17) is 11.6 Å². The molecule has 2 aromatic heterocycles. The molecule has 2 atom stereocenters. The summed E-state index contributed by atoms with van der Waals surface area (Å²) < 4.78 is 0. The van der Waals surface area contributed by atoms with Crippen LogP contribution in [-0.2, 0) is 6.42 Å². The number of aliphatic hydroxyl groups is 1. The largest absolute Gasteiger partial charge is 0.393 e. The molecule has 3 rings (SSSR count). The van der Waals surface area contributed by atoms with E-state index in [1.54, 1.807) is 12.4 Å². The van der Waals surface area contributed by atoms with Gasteiger partial charge in [-0.05, 0) is 42.7 Å². The number of halogens is 1. The van der Waals surface area contributed by atoms with E-state index in [0.717, 1.165) is 31.2 Å². The fraction of sp³-hybridized carbons (Fsp3) is 0.500. The minimum absolute atomic E-state index is 0.158. The Bertz CT molecular complexity index is 866. The molecule has 28 heavy (non-hydrogen) atoms. The van der Waals surface area contributed by atoms with Gasteiger partial charge in [-0.25, -0.2) is 4.98 Å². The Morgan fingerprint density at radius 3 is 2.86 bits per heavy atom. The zero-order valence-corrected chi connectivity index (χ0v) is 16.9. The van der Waals surface area contributed by atoms with Gasteiger partial charge in [0.2, 0.25) is 5.95 Å². The molecule has 1 fully saturated rings. The summed E-state index contributed by atoms with van der Waals surface area (Å²) in [6.07, 6.45) is 7.72. The summed E-state index contributed by atoms with van der Waals surface area (Å²) in [6.45, 7) is 4.75. The highest BCUT2D eigenvalue weighted by molar-refractivity contribution is 6.30. The number of rotatable bonds is 6. The van der Waals surface area contributed by atoms with Crippen LogP contribution < -0.4 is 10.6 Å². The summed E-state index contributed by atoms with van der Waals surface area (Å²) in [7, 11) is 0. The molecule has 0 aliphatic heterocycles. The summed E-state index contributed by atoms with van der Waals surface area (Å²) >= 11 is 5.95. The maximum Gasteiger partial charge on any atom is 0.224 e. The van der Waals surface area contributed by atoms with E-state index < -0.39 is 0 Å². The predicted molar refractivity (Wildman–Crippen MR) is 109 cm³/mol. The van der Waals surface area contributed by atoms with Gasteiger partial charge in [0.05, 0.1) is 17.3 Å². The lowest BCUT2D eigenvalue weighted by Crippen LogP contribution is -2.41. The summed E-state index contributed by atoms with van der Waals surface area (Å²) in [5.74, 6) is 0.994. The first-order valence-electron chi connectivity index (χ1n) is 9.42. The summed E-state index contributed by atoms with van der Waals surface area (Å²) in [5.41, 5.74) is 1.27. The highest BCUT2D eigenvalue weighted by Crippen LogP contribution is 2.36. The molecule has 148 valence electrons. The Balaban J connectivity index is 1.64. The third-order valence-electron chi connectivity index (χ3n) is 5.17. The summed E-state index contributed by atoms with van der Waals surface area (Å²) in [5, 5.41) is 26.7. The standard InChI is InChI=1S/C20H25ClN6O/c1-20(2)8-16(3-4-17(20)28)26-18-14(9-22)11-25-19(27-18)24-6-5-13-7-15(21)12-23-10-13/h7,10-12,16-17,28H,3-6,8H2,1-2H3,(H2,24,25,26,27). The van der Waals surface area contributed by atoms with Gasteiger partial charge in [-0.3, -0.25) is 4.98 Å². The number of nitriles is 1. The lowest BCUT2D eigenvalue weighted by molar-refractivity contribution is 0.00926. The predicted octanol–water partition coefficient (Wildman–Crippen LogP) is 3.40. The number of pyridine rings is 1. The first kappa shape index (κ1) is 20.3. The molecule has 0 aromatic carbocycles. The van der Waals surface area contributed by atoms with Crippen LogP contribution in [0.1, 0.15) is 44.2 Å². The molecule has 0 amide bonds. The van der Waals surface area contributed by atoms with Gasteiger partial charge in [-0.1, -0.05) is 25.4 Å². The van der Waals surface area contributed by atoms with Crippen molar-refractivity contribution < 1.29 is 5.11 Å². The van der Waals surface area contributed by atoms with Crippen molar-refractivity contribution in [1.82, 2.24) is 15.0 Å². The minimum Gasteiger partial charge on any atom is -0.393 e. The van der Waals surface area contributed by atoms with E-state index in [0.29, 0.717) is 28.9 Å². The van der Waals surface area contributed by atoms with E-state index in [-0.39, 0.29) is 17.6 Å². The van der Waals surface area contributed by atoms with Crippen LogP contribution in [0, 0.1) is 16.7 Å². The minimum atomic E-state index is -0.301. The van der Waals surface area contributed by atoms with Crippen LogP contribution in [0.25, 0.3) is 0 Å². The topological polar surface area (TPSA) is 107 Å². The van der Waals surface area contributed by atoms with Gasteiger partial charge in [0, 0.05) is 25.0 Å². The quantitative estimate of drug-likeness (QED) is 0.682. The fourth-order valence-corrected chi connectivity index (χ4v) is 3.71. The SMILES string of the molecule is CC1(C)CC(Nc2nc(NCCc3cncc(Cl)c3)ncc2C#N)CCC1O. The van der Waals surface area contributed by atoms with E-state index >= 15 is 0 Å². The zero-order chi connectivity index (χ0) is 20.1. The van der Waals surface area contributed by atoms with Gasteiger partial charge in [0.25, 0.3) is 0 Å². The van der Waals surface area contributed by atoms with Crippen LogP contribution in [0.4, 0.5) is 11.8 Å². The molecular formula is C20H25ClN6O. The van der Waals surface area contributed by atoms with Crippen LogP contribution in [0.2, 0.25) is 5.02 Å². The van der Waals surface area contributed by atoms with Gasteiger partial charge in [0.1, 0.15) is 17.5 Å². The number of aliphatic hydroxyl groups excluding tert-OH is 1. The van der Waals surface area contributed by atoms with E-state index in [2.05, 4.69) is 45.5 Å². The molecule has 0 spiro atoms. The Kier molecular flexibility index (Phi) is 6.32. The third-order valence-corrected chi connectivity index (χ3v) is 5.38. The lowest BCUT2D eigenvalue weighted by Gasteiger charge is -2.40. The van der Waals surface area contributed by atoms with E-state index in [1.165, 1.54) is 6.20 Å². The molecule has 2 unspecified atom stereocenters. The van der Waals surface area contributed by atoms with Crippen LogP contribution >= 0.6 is 11.6 Å². The Hall–Kier alpha value is -2.43. The summed E-state index contributed by atoms with van der Waals surface area (Å²) in [6, 6.07) is 4.18. The average molecular weight is 401 g/mol. The zero-order valence-electron chi connectivity index (χ0n) is 16.1. The summed E-state index contributed by atoms with van der Waals surface area (Å²) in [4.78, 5) is 12.8. The first-order chi connectivity index (χ1) is 13.4. The van der Waals surface area contributed by atoms with Crippen molar-refractivity contribution in [1.29, 1.82) is 5.26 Å². The second-order valence-corrected chi connectivity index (χ2v) is 8.32. The van der Waals surface area contributed by atoms with Gasteiger partial charge in [-0.2, -0.15) is 10.2 Å². The molecule has 1 aliphatic rings. The number of aromatic nitrogens is 3. The van der Waals surface area contributed by atoms with Crippen molar-refractivity contribution in [2.24, 2.45) is 5.41 Å². The monoisotopic (exact) mass is 400 g/mol. The molecule has 2 aromatic rings. The molecule has 0 radical (unpaired) electrons. The molecule has 3 N–H and O–H groups in total. The van der Waals surface area contributed by atoms with Gasteiger partial charge >= 0.3 is 0 Å². The van der Waals surface area contributed by atoms with Crippen LogP contribution in [0.5, 0.6) is 0 Å². The highest BCUT2D eigenvalue weighted by atomic mass is 35.5. The molecule has 0 bridgehead atoms. The van der Waals surface area contributed by atoms with Crippen molar-refractivity contribution in [3.05, 3.63) is 40.8 Å². The normalized spacial score (nSPS) is 21.0. The van der Waals surface area contributed by atoms with Crippen molar-refractivity contribution >= 4 is 23.4 Å². The van der Waals surface area contributed by atoms with E-state index in [9.17, 15) is 10.4 Å². The molecule has 1 saturated carbocycles. The third kappa shape index (κ3) is 5.09. The van der Waals surface area contributed by atoms with Crippen LogP contribution in [-0.4, -0.2) is 38.7 Å². The van der Waals surface area contributed by atoms with Gasteiger partial charge < -0.3 is 15.7 Å². The van der Waals surface area contributed by atoms with Crippen molar-refractivity contribution in [2.45, 2.75) is 51.7 Å². The maximum atomic E-state index is 10.1. The number of nitrogens with zero attached hydrogens (tertiary/aromatic N) is 4. The number of hydrogen-bond donors (Lipinski definition) is 3. The van der Waals surface area contributed by atoms with Gasteiger partial charge in [0.15, 0.2) is 0 Å². The molecule has 8 heteroatoms. The average Bonchev–Trinajstić information content (AvgIpc) is 2.65. The van der Waals surface area contributed by atoms with E-state index in [1.807, 2.05) is 6.07 Å². The Morgan fingerprint density at radius 2 is 2.14 bits per heavy atom. The molecular weight excluding hydrogens is 376 g/mol. The Morgan fingerprint density at radius 1 is 1.32 bits per heavy atom. The second kappa shape index (κ2) is 8.72. The molecule has 2 heterocycles. The first-order valence-corrected chi connectivity index (χ1v) is 9.80. The highest BCUT2D eigenvalue weighted by Gasteiger charge is 2.35. The fourth-order valence-electron chi connectivity index (χ4n) is 3.51. The molecule has 7 nitrogen and oxygen atoms in total. The molecule has 0 saturated heterocycles.